The molecule has 0 amide bonds. The number of hydrogen-bond donors (Lipinski definition) is 1. The second-order valence-electron chi connectivity index (χ2n) is 9.10. The Morgan fingerprint density at radius 2 is 2.00 bits per heavy atom. The number of hydrogen-bond acceptors (Lipinski definition) is 2. The van der Waals surface area contributed by atoms with Crippen molar-refractivity contribution in [3.63, 3.8) is 0 Å². The highest BCUT2D eigenvalue weighted by molar-refractivity contribution is 5.54. The molecule has 2 nitrogen and oxygen atoms in total. The summed E-state index contributed by atoms with van der Waals surface area (Å²) >= 11 is 0. The Morgan fingerprint density at radius 3 is 2.75 bits per heavy atom. The molecule has 0 bridgehead atoms. The van der Waals surface area contributed by atoms with Gasteiger partial charge in [-0.05, 0) is 60.6 Å². The average molecular weight is 328 g/mol. The molecule has 3 aliphatic rings. The van der Waals surface area contributed by atoms with E-state index in [1.165, 1.54) is 37.7 Å². The third-order valence-electron chi connectivity index (χ3n) is 7.30. The van der Waals surface area contributed by atoms with Crippen molar-refractivity contribution in [2.75, 3.05) is 0 Å². The number of rotatable bonds is 4. The van der Waals surface area contributed by atoms with Crippen LogP contribution in [-0.2, 0) is 6.42 Å². The molecule has 2 heteroatoms. The van der Waals surface area contributed by atoms with E-state index in [0.29, 0.717) is 29.6 Å². The van der Waals surface area contributed by atoms with Gasteiger partial charge in [0, 0.05) is 17.4 Å². The minimum atomic E-state index is 0.281. The van der Waals surface area contributed by atoms with Crippen LogP contribution in [0.1, 0.15) is 76.8 Å². The van der Waals surface area contributed by atoms with Crippen LogP contribution in [0.25, 0.3) is 0 Å². The highest BCUT2D eigenvalue weighted by Gasteiger charge is 2.64. The number of phenolic OH excluding ortho intramolecular Hbond substituents is 1. The summed E-state index contributed by atoms with van der Waals surface area (Å²) < 4.78 is 6.51. The maximum atomic E-state index is 10.8. The van der Waals surface area contributed by atoms with Crippen LogP contribution in [0.2, 0.25) is 0 Å². The SMILES string of the molecule is CCCCCc1cc(O)c2c(c1)O[C@@H]1C3[C@@H]2C(C)(C)[C@H]3CC[C@H]1C. The molecule has 1 aromatic rings. The van der Waals surface area contributed by atoms with Crippen molar-refractivity contribution in [1.82, 2.24) is 0 Å². The molecule has 1 aromatic carbocycles. The number of phenols is 1. The normalized spacial score (nSPS) is 35.4. The van der Waals surface area contributed by atoms with Gasteiger partial charge in [-0.25, -0.2) is 0 Å². The first-order chi connectivity index (χ1) is 11.4. The number of ether oxygens (including phenoxy) is 1. The van der Waals surface area contributed by atoms with Crippen LogP contribution >= 0.6 is 0 Å². The molecular formula is C22H32O2. The number of unbranched alkanes of at least 4 members (excludes halogenated alkanes) is 2. The fraction of sp³-hybridized carbons (Fsp3) is 0.727. The van der Waals surface area contributed by atoms with Crippen LogP contribution in [0.15, 0.2) is 12.1 Å². The molecule has 132 valence electrons. The summed E-state index contributed by atoms with van der Waals surface area (Å²) in [7, 11) is 0. The summed E-state index contributed by atoms with van der Waals surface area (Å²) in [5.41, 5.74) is 2.61. The van der Waals surface area contributed by atoms with Crippen molar-refractivity contribution < 1.29 is 9.84 Å². The molecule has 0 saturated heterocycles. The molecule has 0 radical (unpaired) electrons. The van der Waals surface area contributed by atoms with Gasteiger partial charge in [-0.3, -0.25) is 0 Å². The Morgan fingerprint density at radius 1 is 1.21 bits per heavy atom. The lowest BCUT2D eigenvalue weighted by molar-refractivity contribution is -0.161. The van der Waals surface area contributed by atoms with Crippen molar-refractivity contribution in [1.29, 1.82) is 0 Å². The zero-order valence-electron chi connectivity index (χ0n) is 15.6. The van der Waals surface area contributed by atoms with E-state index in [2.05, 4.69) is 33.8 Å². The van der Waals surface area contributed by atoms with Crippen molar-refractivity contribution in [2.45, 2.75) is 78.2 Å². The van der Waals surface area contributed by atoms with Crippen molar-refractivity contribution in [3.05, 3.63) is 23.3 Å². The lowest BCUT2D eigenvalue weighted by Crippen LogP contribution is -2.63. The molecule has 1 N–H and O–H groups in total. The topological polar surface area (TPSA) is 29.5 Å². The molecule has 2 saturated carbocycles. The van der Waals surface area contributed by atoms with E-state index in [1.807, 2.05) is 6.07 Å². The van der Waals surface area contributed by atoms with Crippen LogP contribution in [0.3, 0.4) is 0 Å². The van der Waals surface area contributed by atoms with Gasteiger partial charge in [-0.15, -0.1) is 0 Å². The van der Waals surface area contributed by atoms with Gasteiger partial charge in [-0.2, -0.15) is 0 Å². The molecule has 4 rings (SSSR count). The van der Waals surface area contributed by atoms with Crippen LogP contribution in [0.4, 0.5) is 0 Å². The van der Waals surface area contributed by atoms with E-state index in [9.17, 15) is 5.11 Å². The van der Waals surface area contributed by atoms with Gasteiger partial charge in [0.15, 0.2) is 0 Å². The second-order valence-corrected chi connectivity index (χ2v) is 9.10. The molecule has 1 aliphatic heterocycles. The van der Waals surface area contributed by atoms with Gasteiger partial charge in [0.05, 0.1) is 0 Å². The smallest absolute Gasteiger partial charge is 0.127 e. The molecular weight excluding hydrogens is 296 g/mol. The van der Waals surface area contributed by atoms with Gasteiger partial charge >= 0.3 is 0 Å². The first-order valence-corrected chi connectivity index (χ1v) is 9.97. The minimum Gasteiger partial charge on any atom is -0.508 e. The van der Waals surface area contributed by atoms with E-state index in [4.69, 9.17) is 4.74 Å². The Bertz CT molecular complexity index is 633. The van der Waals surface area contributed by atoms with E-state index < -0.39 is 0 Å². The van der Waals surface area contributed by atoms with Gasteiger partial charge < -0.3 is 9.84 Å². The zero-order chi connectivity index (χ0) is 17.1. The largest absolute Gasteiger partial charge is 0.508 e. The summed E-state index contributed by atoms with van der Waals surface area (Å²) in [6.07, 6.45) is 7.65. The van der Waals surface area contributed by atoms with Gasteiger partial charge in [0.25, 0.3) is 0 Å². The summed E-state index contributed by atoms with van der Waals surface area (Å²) in [6, 6.07) is 4.24. The third kappa shape index (κ3) is 2.21. The quantitative estimate of drug-likeness (QED) is 0.721. The molecule has 0 spiro atoms. The Labute approximate surface area is 146 Å². The molecule has 1 heterocycles. The monoisotopic (exact) mass is 328 g/mol. The fourth-order valence-electron chi connectivity index (χ4n) is 6.01. The first-order valence-electron chi connectivity index (χ1n) is 9.97. The van der Waals surface area contributed by atoms with Crippen LogP contribution in [-0.4, -0.2) is 11.2 Å². The summed E-state index contributed by atoms with van der Waals surface area (Å²) in [5, 5.41) is 10.8. The predicted octanol–water partition coefficient (Wildman–Crippen LogP) is 5.67. The summed E-state index contributed by atoms with van der Waals surface area (Å²) in [6.45, 7) is 9.37. The number of aryl methyl sites for hydroxylation is 1. The van der Waals surface area contributed by atoms with E-state index >= 15 is 0 Å². The van der Waals surface area contributed by atoms with E-state index in [0.717, 1.165) is 23.7 Å². The number of aromatic hydroxyl groups is 1. The Kier molecular flexibility index (Phi) is 3.85. The summed E-state index contributed by atoms with van der Waals surface area (Å²) in [5.74, 6) is 3.90. The van der Waals surface area contributed by atoms with Gasteiger partial charge in [-0.1, -0.05) is 40.5 Å². The molecule has 0 aromatic heterocycles. The molecule has 2 fully saturated rings. The van der Waals surface area contributed by atoms with Crippen molar-refractivity contribution in [3.8, 4) is 11.5 Å². The summed E-state index contributed by atoms with van der Waals surface area (Å²) in [4.78, 5) is 0. The highest BCUT2D eigenvalue weighted by Crippen LogP contribution is 2.70. The van der Waals surface area contributed by atoms with Gasteiger partial charge in [0.2, 0.25) is 0 Å². The first kappa shape index (κ1) is 16.3. The number of benzene rings is 1. The maximum Gasteiger partial charge on any atom is 0.127 e. The van der Waals surface area contributed by atoms with Crippen LogP contribution < -0.4 is 4.74 Å². The maximum absolute atomic E-state index is 10.8. The van der Waals surface area contributed by atoms with Crippen molar-refractivity contribution in [2.24, 2.45) is 23.2 Å². The van der Waals surface area contributed by atoms with Crippen molar-refractivity contribution >= 4 is 0 Å². The molecule has 1 unspecified atom stereocenters. The average Bonchev–Trinajstić information content (AvgIpc) is 2.54. The standard InChI is InChI=1S/C22H32O2/c1-5-6-7-8-14-11-16(23)19-17(12-14)24-21-13(2)9-10-15-18(21)20(19)22(15,3)4/h11-13,15,18,20-21,23H,5-10H2,1-4H3/t13-,15+,18?,20+,21+/m1/s1. The second kappa shape index (κ2) is 5.68. The molecule has 24 heavy (non-hydrogen) atoms. The number of fused-ring (bicyclic) bond motifs is 2. The van der Waals surface area contributed by atoms with Crippen LogP contribution in [0.5, 0.6) is 11.5 Å². The Balaban J connectivity index is 1.70. The molecule has 5 atom stereocenters. The lowest BCUT2D eigenvalue weighted by atomic mass is 9.41. The predicted molar refractivity (Wildman–Crippen MR) is 97.7 cm³/mol. The van der Waals surface area contributed by atoms with E-state index in [-0.39, 0.29) is 5.41 Å². The minimum absolute atomic E-state index is 0.281. The van der Waals surface area contributed by atoms with Gasteiger partial charge in [0.1, 0.15) is 17.6 Å². The molecule has 2 aliphatic carbocycles. The highest BCUT2D eigenvalue weighted by atomic mass is 16.5. The lowest BCUT2D eigenvalue weighted by Gasteiger charge is -2.66. The fourth-order valence-corrected chi connectivity index (χ4v) is 6.01. The Hall–Kier alpha value is -1.18. The zero-order valence-corrected chi connectivity index (χ0v) is 15.6. The third-order valence-corrected chi connectivity index (χ3v) is 7.30. The van der Waals surface area contributed by atoms with E-state index in [1.54, 1.807) is 0 Å². The van der Waals surface area contributed by atoms with Crippen LogP contribution in [0, 0.1) is 23.2 Å².